The molecule has 0 radical (unpaired) electrons. The normalized spacial score (nSPS) is 12.7. The molecule has 28 heavy (non-hydrogen) atoms. The van der Waals surface area contributed by atoms with Gasteiger partial charge in [0.1, 0.15) is 6.16 Å². The number of amides is 1. The molecule has 1 atom stereocenters. The number of allylic oxidation sites excluding steroid dienone is 4. The molecule has 4 N–H and O–H groups in total. The fraction of sp³-hybridized carbons (Fsp3) is 0.727. The number of aliphatic hydroxyl groups excluding tert-OH is 1. The summed E-state index contributed by atoms with van der Waals surface area (Å²) in [6.07, 6.45) is 22.6. The third-order valence-electron chi connectivity index (χ3n) is 4.46. The van der Waals surface area contributed by atoms with E-state index < -0.39 is 7.77 Å². The van der Waals surface area contributed by atoms with E-state index in [1.807, 2.05) is 0 Å². The molecule has 0 saturated carbocycles. The number of carbonyl (C=O) groups excluding carboxylic acids is 1. The van der Waals surface area contributed by atoms with Crippen LogP contribution in [0, 0.1) is 0 Å². The van der Waals surface area contributed by atoms with Crippen LogP contribution >= 0.6 is 7.77 Å². The number of aliphatic hydroxyl groups is 1. The quantitative estimate of drug-likeness (QED) is 0.179. The highest BCUT2D eigenvalue weighted by Crippen LogP contribution is 2.11. The first kappa shape index (κ1) is 27.0. The number of nitrogens with two attached hydrogens (primary N) is 1. The number of hydrogen-bond acceptors (Lipinski definition) is 3. The van der Waals surface area contributed by atoms with Crippen LogP contribution in [-0.4, -0.2) is 35.7 Å². The molecule has 0 fully saturated rings. The van der Waals surface area contributed by atoms with Crippen molar-refractivity contribution in [2.24, 2.45) is 5.73 Å². The van der Waals surface area contributed by atoms with E-state index in [0.29, 0.717) is 13.0 Å². The molecule has 0 aliphatic heterocycles. The van der Waals surface area contributed by atoms with Crippen molar-refractivity contribution in [2.45, 2.75) is 84.0 Å². The predicted octanol–water partition coefficient (Wildman–Crippen LogP) is 4.13. The number of nitrogens with one attached hydrogen (secondary N) is 1. The molecule has 0 aromatic rings. The van der Waals surface area contributed by atoms with Crippen molar-refractivity contribution < 1.29 is 14.8 Å². The Morgan fingerprint density at radius 3 is 2.25 bits per heavy atom. The molecule has 0 heterocycles. The molecule has 0 saturated heterocycles. The van der Waals surface area contributed by atoms with Gasteiger partial charge in [-0.3, -0.25) is 4.79 Å². The van der Waals surface area contributed by atoms with E-state index in [1.165, 1.54) is 38.5 Å². The Balaban J connectivity index is 3.43. The van der Waals surface area contributed by atoms with E-state index in [9.17, 15) is 14.8 Å². The molecule has 0 aromatic carbocycles. The van der Waals surface area contributed by atoms with Gasteiger partial charge in [-0.2, -0.15) is 0 Å². The lowest BCUT2D eigenvalue weighted by atomic mass is 10.1. The van der Waals surface area contributed by atoms with Crippen LogP contribution in [0.1, 0.15) is 84.0 Å². The number of unbranched alkanes of at least 4 members (excludes halogenated alkanes) is 8. The zero-order valence-electron chi connectivity index (χ0n) is 17.7. The minimum atomic E-state index is -1.83. The summed E-state index contributed by atoms with van der Waals surface area (Å²) in [5.41, 5.74) is 5.03. The highest BCUT2D eigenvalue weighted by atomic mass is 31.1. The van der Waals surface area contributed by atoms with Gasteiger partial charge < -0.3 is 21.1 Å². The van der Waals surface area contributed by atoms with Crippen LogP contribution in [0.5, 0.6) is 0 Å². The molecule has 6 heteroatoms. The van der Waals surface area contributed by atoms with Gasteiger partial charge in [0.2, 0.25) is 11.4 Å². The standard InChI is InChI=1S/C22H41N2O3P/c1-2-3-4-5-6-7-8-9-10-11-12-13-14-15-16-17-21(25)24-18-19-28(27)22(26)20-23/h6-7,9-10,26H,2-5,8,11-20,23H2,1H3,(H,24,25). The molecule has 0 bridgehead atoms. The molecule has 0 spiro atoms. The van der Waals surface area contributed by atoms with Gasteiger partial charge in [0.15, 0.2) is 0 Å². The molecule has 0 aliphatic rings. The fourth-order valence-corrected chi connectivity index (χ4v) is 3.49. The van der Waals surface area contributed by atoms with E-state index in [1.54, 1.807) is 0 Å². The van der Waals surface area contributed by atoms with Gasteiger partial charge in [0.05, 0.1) is 20.9 Å². The van der Waals surface area contributed by atoms with Crippen molar-refractivity contribution >= 4 is 19.2 Å². The lowest BCUT2D eigenvalue weighted by Gasteiger charge is -2.05. The van der Waals surface area contributed by atoms with Crippen LogP contribution < -0.4 is 15.9 Å². The van der Waals surface area contributed by atoms with Crippen LogP contribution in [0.4, 0.5) is 0 Å². The molecule has 5 nitrogen and oxygen atoms in total. The molecule has 162 valence electrons. The Bertz CT molecular complexity index is 476. The van der Waals surface area contributed by atoms with E-state index >= 15 is 0 Å². The fourth-order valence-electron chi connectivity index (χ4n) is 2.71. The maximum atomic E-state index is 11.7. The van der Waals surface area contributed by atoms with Gasteiger partial charge in [-0.05, 0) is 38.5 Å². The number of hydrogen-bond donors (Lipinski definition) is 3. The van der Waals surface area contributed by atoms with Gasteiger partial charge in [0.25, 0.3) is 0 Å². The summed E-state index contributed by atoms with van der Waals surface area (Å²) in [4.78, 5) is 23.2. The SMILES string of the molecule is CCCCCC=CCC=CCCCCCCCC(=O)NCC/[P+]([O-])=C(\O)CN. The monoisotopic (exact) mass is 412 g/mol. The topological polar surface area (TPSA) is 98.4 Å². The van der Waals surface area contributed by atoms with Crippen LogP contribution in [-0.2, 0) is 4.79 Å². The first-order valence-corrected chi connectivity index (χ1v) is 12.3. The van der Waals surface area contributed by atoms with Crippen LogP contribution in [0.2, 0.25) is 0 Å². The van der Waals surface area contributed by atoms with E-state index in [2.05, 4.69) is 36.5 Å². The van der Waals surface area contributed by atoms with Crippen LogP contribution in [0.25, 0.3) is 0 Å². The highest BCUT2D eigenvalue weighted by Gasteiger charge is 2.06. The Hall–Kier alpha value is -1.00. The first-order valence-electron chi connectivity index (χ1n) is 10.9. The third-order valence-corrected chi connectivity index (χ3v) is 5.85. The zero-order chi connectivity index (χ0) is 20.9. The summed E-state index contributed by atoms with van der Waals surface area (Å²) in [6.45, 7) is 2.46. The molecular formula is C22H41N2O3P. The number of carbonyl (C=O) groups is 1. The summed E-state index contributed by atoms with van der Waals surface area (Å²) < 4.78 is 0. The van der Waals surface area contributed by atoms with Gasteiger partial charge in [0, 0.05) is 6.42 Å². The average molecular weight is 413 g/mol. The van der Waals surface area contributed by atoms with Crippen LogP contribution in [0.15, 0.2) is 24.3 Å². The second kappa shape index (κ2) is 20.7. The van der Waals surface area contributed by atoms with Crippen molar-refractivity contribution in [1.29, 1.82) is 0 Å². The second-order valence-corrected chi connectivity index (χ2v) is 8.77. The molecule has 1 unspecified atom stereocenters. The maximum Gasteiger partial charge on any atom is 0.232 e. The summed E-state index contributed by atoms with van der Waals surface area (Å²) in [7, 11) is -1.83. The minimum Gasteiger partial charge on any atom is -0.629 e. The maximum absolute atomic E-state index is 11.7. The smallest absolute Gasteiger partial charge is 0.232 e. The van der Waals surface area contributed by atoms with Crippen LogP contribution in [0.3, 0.4) is 0 Å². The van der Waals surface area contributed by atoms with Crippen molar-refractivity contribution in [3.63, 3.8) is 0 Å². The van der Waals surface area contributed by atoms with E-state index in [0.717, 1.165) is 32.1 Å². The van der Waals surface area contributed by atoms with Crippen molar-refractivity contribution in [3.8, 4) is 0 Å². The summed E-state index contributed by atoms with van der Waals surface area (Å²) in [5, 5.41) is 12.0. The predicted molar refractivity (Wildman–Crippen MR) is 120 cm³/mol. The van der Waals surface area contributed by atoms with Gasteiger partial charge in [-0.1, -0.05) is 63.3 Å². The summed E-state index contributed by atoms with van der Waals surface area (Å²) in [5.74, 6) is -0.0127. The Morgan fingerprint density at radius 2 is 1.61 bits per heavy atom. The van der Waals surface area contributed by atoms with E-state index in [4.69, 9.17) is 5.73 Å². The summed E-state index contributed by atoms with van der Waals surface area (Å²) in [6, 6.07) is 0. The van der Waals surface area contributed by atoms with Crippen molar-refractivity contribution in [2.75, 3.05) is 19.3 Å². The van der Waals surface area contributed by atoms with Gasteiger partial charge in [-0.15, -0.1) is 0 Å². The lowest BCUT2D eigenvalue weighted by Crippen LogP contribution is -2.27. The minimum absolute atomic E-state index is 0.0127. The zero-order valence-corrected chi connectivity index (χ0v) is 18.6. The second-order valence-electron chi connectivity index (χ2n) is 7.05. The Morgan fingerprint density at radius 1 is 1.00 bits per heavy atom. The number of rotatable bonds is 18. The van der Waals surface area contributed by atoms with Gasteiger partial charge in [-0.25, -0.2) is 0 Å². The lowest BCUT2D eigenvalue weighted by molar-refractivity contribution is -0.153. The Labute approximate surface area is 173 Å². The molecule has 0 rings (SSSR count). The van der Waals surface area contributed by atoms with Crippen molar-refractivity contribution in [1.82, 2.24) is 5.32 Å². The average Bonchev–Trinajstić information content (AvgIpc) is 2.70. The molecular weight excluding hydrogens is 371 g/mol. The van der Waals surface area contributed by atoms with Gasteiger partial charge >= 0.3 is 0 Å². The molecule has 1 amide bonds. The first-order chi connectivity index (χ1) is 13.6. The molecule has 0 aromatic heterocycles. The van der Waals surface area contributed by atoms with Crippen molar-refractivity contribution in [3.05, 3.63) is 24.3 Å². The highest BCUT2D eigenvalue weighted by molar-refractivity contribution is 7.51. The van der Waals surface area contributed by atoms with E-state index in [-0.39, 0.29) is 24.1 Å². The molecule has 0 aliphatic carbocycles. The Kier molecular flexibility index (Phi) is 20.0. The third kappa shape index (κ3) is 18.4. The summed E-state index contributed by atoms with van der Waals surface area (Å²) >= 11 is 0. The largest absolute Gasteiger partial charge is 0.629 e.